The third-order valence-corrected chi connectivity index (χ3v) is 2.23. The highest BCUT2D eigenvalue weighted by atomic mass is 79.9. The molecule has 74 valence electrons. The van der Waals surface area contributed by atoms with Crippen molar-refractivity contribution < 1.29 is 8.78 Å². The highest BCUT2D eigenvalue weighted by molar-refractivity contribution is 9.10. The van der Waals surface area contributed by atoms with Crippen molar-refractivity contribution in [3.63, 3.8) is 0 Å². The van der Waals surface area contributed by atoms with Crippen molar-refractivity contribution in [1.82, 2.24) is 0 Å². The van der Waals surface area contributed by atoms with Crippen molar-refractivity contribution in [1.29, 1.82) is 5.26 Å². The second-order valence-corrected chi connectivity index (χ2v) is 3.40. The predicted molar refractivity (Wildman–Crippen MR) is 53.4 cm³/mol. The second-order valence-electron chi connectivity index (χ2n) is 2.55. The molecule has 5 heteroatoms. The molecule has 0 spiro atoms. The number of nitriles is 1. The first-order chi connectivity index (χ1) is 6.65. The van der Waals surface area contributed by atoms with Crippen LogP contribution in [-0.4, -0.2) is 13.0 Å². The Morgan fingerprint density at radius 3 is 2.79 bits per heavy atom. The smallest absolute Gasteiger partial charge is 0.255 e. The van der Waals surface area contributed by atoms with Crippen LogP contribution in [0.5, 0.6) is 0 Å². The van der Waals surface area contributed by atoms with Gasteiger partial charge in [0, 0.05) is 4.47 Å². The lowest BCUT2D eigenvalue weighted by atomic mass is 10.2. The van der Waals surface area contributed by atoms with E-state index in [1.165, 1.54) is 0 Å². The molecule has 0 unspecified atom stereocenters. The van der Waals surface area contributed by atoms with Gasteiger partial charge in [0.2, 0.25) is 0 Å². The SMILES string of the molecule is N#Cc1c(Br)cccc1NCC(F)F. The zero-order chi connectivity index (χ0) is 10.6. The monoisotopic (exact) mass is 260 g/mol. The number of hydrogen-bond acceptors (Lipinski definition) is 2. The average molecular weight is 261 g/mol. The van der Waals surface area contributed by atoms with Gasteiger partial charge in [0.15, 0.2) is 0 Å². The summed E-state index contributed by atoms with van der Waals surface area (Å²) in [5, 5.41) is 11.3. The molecule has 0 bridgehead atoms. The molecule has 1 aromatic carbocycles. The molecule has 0 aliphatic rings. The van der Waals surface area contributed by atoms with E-state index in [2.05, 4.69) is 21.2 Å². The molecular formula is C9H7BrF2N2. The van der Waals surface area contributed by atoms with Gasteiger partial charge >= 0.3 is 0 Å². The predicted octanol–water partition coefficient (Wildman–Crippen LogP) is 3.00. The maximum atomic E-state index is 11.9. The Balaban J connectivity index is 2.87. The normalized spacial score (nSPS) is 9.93. The largest absolute Gasteiger partial charge is 0.378 e. The Labute approximate surface area is 88.7 Å². The number of anilines is 1. The summed E-state index contributed by atoms with van der Waals surface area (Å²) in [5.41, 5.74) is 0.760. The highest BCUT2D eigenvalue weighted by Crippen LogP contribution is 2.23. The Morgan fingerprint density at radius 2 is 2.21 bits per heavy atom. The third-order valence-electron chi connectivity index (χ3n) is 1.57. The van der Waals surface area contributed by atoms with Gasteiger partial charge in [-0.15, -0.1) is 0 Å². The van der Waals surface area contributed by atoms with Gasteiger partial charge in [0.05, 0.1) is 17.8 Å². The fourth-order valence-electron chi connectivity index (χ4n) is 0.972. The van der Waals surface area contributed by atoms with E-state index in [0.717, 1.165) is 0 Å². The van der Waals surface area contributed by atoms with E-state index in [1.807, 2.05) is 6.07 Å². The number of halogens is 3. The summed E-state index contributed by atoms with van der Waals surface area (Å²) in [6.45, 7) is -0.453. The van der Waals surface area contributed by atoms with Crippen molar-refractivity contribution in [2.24, 2.45) is 0 Å². The molecule has 14 heavy (non-hydrogen) atoms. The molecule has 1 rings (SSSR count). The maximum absolute atomic E-state index is 11.9. The Bertz CT molecular complexity index is 360. The third kappa shape index (κ3) is 2.67. The van der Waals surface area contributed by atoms with Gasteiger partial charge in [-0.3, -0.25) is 0 Å². The molecule has 0 aliphatic carbocycles. The van der Waals surface area contributed by atoms with Gasteiger partial charge in [-0.1, -0.05) is 6.07 Å². The van der Waals surface area contributed by atoms with Crippen molar-refractivity contribution in [3.05, 3.63) is 28.2 Å². The molecule has 1 N–H and O–H groups in total. The first-order valence-electron chi connectivity index (χ1n) is 3.85. The Hall–Kier alpha value is -1.15. The summed E-state index contributed by atoms with van der Waals surface area (Å²) < 4.78 is 24.4. The summed E-state index contributed by atoms with van der Waals surface area (Å²) in [6, 6.07) is 6.89. The van der Waals surface area contributed by atoms with Gasteiger partial charge in [0.25, 0.3) is 6.43 Å². The molecule has 0 amide bonds. The fourth-order valence-corrected chi connectivity index (χ4v) is 1.43. The lowest BCUT2D eigenvalue weighted by Gasteiger charge is -2.07. The Kier molecular flexibility index (Phi) is 3.84. The topological polar surface area (TPSA) is 35.8 Å². The first-order valence-corrected chi connectivity index (χ1v) is 4.65. The highest BCUT2D eigenvalue weighted by Gasteiger charge is 2.07. The lowest BCUT2D eigenvalue weighted by molar-refractivity contribution is 0.163. The summed E-state index contributed by atoms with van der Waals surface area (Å²) in [6.07, 6.45) is -2.43. The standard InChI is InChI=1S/C9H7BrF2N2/c10-7-2-1-3-8(6(7)4-13)14-5-9(11)12/h1-3,9,14H,5H2. The van der Waals surface area contributed by atoms with Crippen molar-refractivity contribution in [3.8, 4) is 6.07 Å². The van der Waals surface area contributed by atoms with Gasteiger partial charge in [-0.05, 0) is 28.1 Å². The van der Waals surface area contributed by atoms with Gasteiger partial charge in [-0.2, -0.15) is 5.26 Å². The molecule has 0 aromatic heterocycles. The van der Waals surface area contributed by atoms with E-state index in [0.29, 0.717) is 15.7 Å². The molecule has 2 nitrogen and oxygen atoms in total. The van der Waals surface area contributed by atoms with Crippen LogP contribution in [0.3, 0.4) is 0 Å². The van der Waals surface area contributed by atoms with Gasteiger partial charge < -0.3 is 5.32 Å². The molecule has 0 saturated heterocycles. The average Bonchev–Trinajstić information content (AvgIpc) is 2.14. The zero-order valence-electron chi connectivity index (χ0n) is 7.10. The van der Waals surface area contributed by atoms with Crippen LogP contribution in [0.25, 0.3) is 0 Å². The number of hydrogen-bond donors (Lipinski definition) is 1. The molecule has 0 heterocycles. The van der Waals surface area contributed by atoms with Crippen LogP contribution < -0.4 is 5.32 Å². The number of alkyl halides is 2. The summed E-state index contributed by atoms with van der Waals surface area (Å²) in [5.74, 6) is 0. The van der Waals surface area contributed by atoms with Gasteiger partial charge in [-0.25, -0.2) is 8.78 Å². The van der Waals surface area contributed by atoms with E-state index in [-0.39, 0.29) is 0 Å². The quantitative estimate of drug-likeness (QED) is 0.907. The number of benzene rings is 1. The molecule has 0 radical (unpaired) electrons. The summed E-state index contributed by atoms with van der Waals surface area (Å²) in [7, 11) is 0. The van der Waals surface area contributed by atoms with Crippen molar-refractivity contribution in [2.75, 3.05) is 11.9 Å². The van der Waals surface area contributed by atoms with Crippen molar-refractivity contribution >= 4 is 21.6 Å². The van der Waals surface area contributed by atoms with Gasteiger partial charge in [0.1, 0.15) is 6.07 Å². The fraction of sp³-hybridized carbons (Fsp3) is 0.222. The van der Waals surface area contributed by atoms with Crippen LogP contribution in [0, 0.1) is 11.3 Å². The molecular weight excluding hydrogens is 254 g/mol. The van der Waals surface area contributed by atoms with Crippen LogP contribution in [0.4, 0.5) is 14.5 Å². The summed E-state index contributed by atoms with van der Waals surface area (Å²) in [4.78, 5) is 0. The minimum atomic E-state index is -2.43. The van der Waals surface area contributed by atoms with E-state index < -0.39 is 13.0 Å². The number of rotatable bonds is 3. The minimum Gasteiger partial charge on any atom is -0.378 e. The first kappa shape index (κ1) is 10.9. The number of nitrogens with zero attached hydrogens (tertiary/aromatic N) is 1. The zero-order valence-corrected chi connectivity index (χ0v) is 8.68. The second kappa shape index (κ2) is 4.91. The van der Waals surface area contributed by atoms with E-state index in [9.17, 15) is 8.78 Å². The van der Waals surface area contributed by atoms with Crippen LogP contribution in [0.1, 0.15) is 5.56 Å². The van der Waals surface area contributed by atoms with Crippen LogP contribution >= 0.6 is 15.9 Å². The molecule has 0 aliphatic heterocycles. The minimum absolute atomic E-state index is 0.341. The summed E-state index contributed by atoms with van der Waals surface area (Å²) >= 11 is 3.16. The van der Waals surface area contributed by atoms with Crippen molar-refractivity contribution in [2.45, 2.75) is 6.43 Å². The van der Waals surface area contributed by atoms with Crippen LogP contribution in [-0.2, 0) is 0 Å². The van der Waals surface area contributed by atoms with E-state index >= 15 is 0 Å². The Morgan fingerprint density at radius 1 is 1.50 bits per heavy atom. The number of nitrogens with one attached hydrogen (secondary N) is 1. The van der Waals surface area contributed by atoms with E-state index in [4.69, 9.17) is 5.26 Å². The van der Waals surface area contributed by atoms with E-state index in [1.54, 1.807) is 18.2 Å². The molecule has 1 aromatic rings. The molecule has 0 atom stereocenters. The molecule has 0 fully saturated rings. The molecule has 0 saturated carbocycles. The van der Waals surface area contributed by atoms with Crippen LogP contribution in [0.15, 0.2) is 22.7 Å². The lowest BCUT2D eigenvalue weighted by Crippen LogP contribution is -2.11. The maximum Gasteiger partial charge on any atom is 0.255 e. The van der Waals surface area contributed by atoms with Crippen LogP contribution in [0.2, 0.25) is 0 Å².